The fourth-order valence-electron chi connectivity index (χ4n) is 3.55. The minimum absolute atomic E-state index is 0. The summed E-state index contributed by atoms with van der Waals surface area (Å²) in [6.07, 6.45) is 3.63. The molecule has 132 valence electrons. The van der Waals surface area contributed by atoms with Gasteiger partial charge >= 0.3 is 0 Å². The van der Waals surface area contributed by atoms with Crippen LogP contribution in [0.5, 0.6) is 0 Å². The molecule has 2 aliphatic rings. The van der Waals surface area contributed by atoms with Crippen molar-refractivity contribution in [1.82, 2.24) is 4.90 Å². The number of carbonyl (C=O) groups excluding carboxylic acids is 2. The van der Waals surface area contributed by atoms with Gasteiger partial charge in [0.15, 0.2) is 0 Å². The van der Waals surface area contributed by atoms with Gasteiger partial charge in [-0.15, -0.1) is 12.4 Å². The number of likely N-dealkylation sites (tertiary alicyclic amines) is 1. The van der Waals surface area contributed by atoms with E-state index >= 15 is 0 Å². The Morgan fingerprint density at radius 3 is 2.75 bits per heavy atom. The summed E-state index contributed by atoms with van der Waals surface area (Å²) in [5.74, 6) is -0.682. The lowest BCUT2D eigenvalue weighted by atomic mass is 9.98. The SMILES string of the molecule is Cl.NCC1CCCCN1C(=O)C1CCN(c2cccc(Br)c2)C1=O. The number of hydrogen-bond acceptors (Lipinski definition) is 3. The molecule has 1 aromatic carbocycles. The third-order valence-corrected chi connectivity index (χ3v) is 5.30. The van der Waals surface area contributed by atoms with Crippen LogP contribution in [0.2, 0.25) is 0 Å². The van der Waals surface area contributed by atoms with Crippen molar-refractivity contribution in [1.29, 1.82) is 0 Å². The molecule has 2 amide bonds. The van der Waals surface area contributed by atoms with Crippen LogP contribution in [-0.2, 0) is 9.59 Å². The Hall–Kier alpha value is -1.11. The number of halogens is 2. The highest BCUT2D eigenvalue weighted by molar-refractivity contribution is 9.10. The molecule has 3 rings (SSSR count). The van der Waals surface area contributed by atoms with Crippen LogP contribution in [0.4, 0.5) is 5.69 Å². The number of hydrogen-bond donors (Lipinski definition) is 1. The second-order valence-corrected chi connectivity index (χ2v) is 7.14. The van der Waals surface area contributed by atoms with Crippen LogP contribution in [0.3, 0.4) is 0 Å². The molecule has 0 aliphatic carbocycles. The first-order valence-electron chi connectivity index (χ1n) is 8.19. The van der Waals surface area contributed by atoms with E-state index in [2.05, 4.69) is 15.9 Å². The predicted molar refractivity (Wildman–Crippen MR) is 100 cm³/mol. The van der Waals surface area contributed by atoms with Crippen molar-refractivity contribution in [3.05, 3.63) is 28.7 Å². The molecule has 2 atom stereocenters. The molecule has 0 aromatic heterocycles. The fourth-order valence-corrected chi connectivity index (χ4v) is 3.93. The summed E-state index contributed by atoms with van der Waals surface area (Å²) >= 11 is 3.43. The smallest absolute Gasteiger partial charge is 0.239 e. The zero-order valence-corrected chi connectivity index (χ0v) is 15.9. The lowest BCUT2D eigenvalue weighted by Gasteiger charge is -2.36. The van der Waals surface area contributed by atoms with Crippen LogP contribution in [0.15, 0.2) is 28.7 Å². The lowest BCUT2D eigenvalue weighted by Crippen LogP contribution is -2.50. The van der Waals surface area contributed by atoms with Gasteiger partial charge in [-0.3, -0.25) is 9.59 Å². The maximum absolute atomic E-state index is 12.8. The maximum Gasteiger partial charge on any atom is 0.239 e. The summed E-state index contributed by atoms with van der Waals surface area (Å²) < 4.78 is 0.928. The quantitative estimate of drug-likeness (QED) is 0.770. The van der Waals surface area contributed by atoms with Crippen molar-refractivity contribution in [2.24, 2.45) is 11.7 Å². The average Bonchev–Trinajstić information content (AvgIpc) is 2.95. The standard InChI is InChI=1S/C17H22BrN3O2.ClH/c18-12-4-3-6-13(10-12)21-9-7-15(17(21)23)16(22)20-8-2-1-5-14(20)11-19;/h3-4,6,10,14-15H,1-2,5,7-9,11,19H2;1H. The molecule has 0 spiro atoms. The molecule has 2 fully saturated rings. The van der Waals surface area contributed by atoms with Crippen LogP contribution in [-0.4, -0.2) is 42.4 Å². The largest absolute Gasteiger partial charge is 0.338 e. The first-order chi connectivity index (χ1) is 11.1. The van der Waals surface area contributed by atoms with E-state index in [0.29, 0.717) is 19.5 Å². The van der Waals surface area contributed by atoms with Crippen molar-refractivity contribution in [3.8, 4) is 0 Å². The molecule has 2 saturated heterocycles. The van der Waals surface area contributed by atoms with E-state index in [1.165, 1.54) is 0 Å². The van der Waals surface area contributed by atoms with Crippen molar-refractivity contribution in [3.63, 3.8) is 0 Å². The monoisotopic (exact) mass is 415 g/mol. The van der Waals surface area contributed by atoms with E-state index in [4.69, 9.17) is 5.73 Å². The van der Waals surface area contributed by atoms with Crippen LogP contribution < -0.4 is 10.6 Å². The number of carbonyl (C=O) groups is 2. The summed E-state index contributed by atoms with van der Waals surface area (Å²) in [5.41, 5.74) is 6.65. The number of nitrogens with two attached hydrogens (primary N) is 1. The summed E-state index contributed by atoms with van der Waals surface area (Å²) in [4.78, 5) is 29.1. The van der Waals surface area contributed by atoms with Crippen LogP contribution in [0.25, 0.3) is 0 Å². The summed E-state index contributed by atoms with van der Waals surface area (Å²) in [5, 5.41) is 0. The Kier molecular flexibility index (Phi) is 6.66. The minimum Gasteiger partial charge on any atom is -0.338 e. The van der Waals surface area contributed by atoms with Gasteiger partial charge in [-0.2, -0.15) is 0 Å². The summed E-state index contributed by atoms with van der Waals surface area (Å²) in [6.45, 7) is 1.79. The van der Waals surface area contributed by atoms with E-state index in [0.717, 1.165) is 36.0 Å². The lowest BCUT2D eigenvalue weighted by molar-refractivity contribution is -0.142. The van der Waals surface area contributed by atoms with E-state index in [1.807, 2.05) is 29.2 Å². The molecule has 24 heavy (non-hydrogen) atoms. The van der Waals surface area contributed by atoms with Crippen LogP contribution >= 0.6 is 28.3 Å². The van der Waals surface area contributed by atoms with Gasteiger partial charge in [-0.05, 0) is 43.9 Å². The third-order valence-electron chi connectivity index (χ3n) is 4.81. The molecule has 0 saturated carbocycles. The van der Waals surface area contributed by atoms with Crippen LogP contribution in [0.1, 0.15) is 25.7 Å². The van der Waals surface area contributed by atoms with E-state index in [-0.39, 0.29) is 30.3 Å². The van der Waals surface area contributed by atoms with Gasteiger partial charge in [-0.25, -0.2) is 0 Å². The van der Waals surface area contributed by atoms with Gasteiger partial charge in [0.25, 0.3) is 0 Å². The molecule has 5 nitrogen and oxygen atoms in total. The number of amides is 2. The number of piperidine rings is 1. The number of nitrogens with zero attached hydrogens (tertiary/aromatic N) is 2. The Labute approximate surface area is 157 Å². The average molecular weight is 417 g/mol. The number of rotatable bonds is 3. The van der Waals surface area contributed by atoms with Gasteiger partial charge in [0.05, 0.1) is 0 Å². The number of anilines is 1. The van der Waals surface area contributed by atoms with Gasteiger partial charge in [-0.1, -0.05) is 22.0 Å². The normalized spacial score (nSPS) is 24.0. The molecule has 0 bridgehead atoms. The minimum atomic E-state index is -0.555. The highest BCUT2D eigenvalue weighted by atomic mass is 79.9. The maximum atomic E-state index is 12.8. The van der Waals surface area contributed by atoms with Crippen molar-refractivity contribution in [2.45, 2.75) is 31.7 Å². The second kappa shape index (κ2) is 8.32. The fraction of sp³-hybridized carbons (Fsp3) is 0.529. The van der Waals surface area contributed by atoms with Gasteiger partial charge in [0.1, 0.15) is 5.92 Å². The first-order valence-corrected chi connectivity index (χ1v) is 8.98. The second-order valence-electron chi connectivity index (χ2n) is 6.23. The Bertz CT molecular complexity index is 613. The highest BCUT2D eigenvalue weighted by Crippen LogP contribution is 2.30. The Morgan fingerprint density at radius 2 is 2.04 bits per heavy atom. The van der Waals surface area contributed by atoms with Gasteiger partial charge < -0.3 is 15.5 Å². The van der Waals surface area contributed by atoms with Crippen molar-refractivity contribution in [2.75, 3.05) is 24.5 Å². The molecular weight excluding hydrogens is 394 g/mol. The van der Waals surface area contributed by atoms with Gasteiger partial charge in [0.2, 0.25) is 11.8 Å². The van der Waals surface area contributed by atoms with Gasteiger partial charge in [0, 0.05) is 35.8 Å². The third kappa shape index (κ3) is 3.76. The zero-order chi connectivity index (χ0) is 16.4. The van der Waals surface area contributed by atoms with E-state index in [1.54, 1.807) is 4.90 Å². The van der Waals surface area contributed by atoms with Crippen LogP contribution in [0, 0.1) is 5.92 Å². The predicted octanol–water partition coefficient (Wildman–Crippen LogP) is 2.56. The van der Waals surface area contributed by atoms with Crippen molar-refractivity contribution < 1.29 is 9.59 Å². The van der Waals surface area contributed by atoms with E-state index < -0.39 is 5.92 Å². The van der Waals surface area contributed by atoms with E-state index in [9.17, 15) is 9.59 Å². The molecule has 0 radical (unpaired) electrons. The molecule has 1 aromatic rings. The highest BCUT2D eigenvalue weighted by Gasteiger charge is 2.41. The zero-order valence-electron chi connectivity index (χ0n) is 13.5. The molecular formula is C17H23BrClN3O2. The number of benzene rings is 1. The Morgan fingerprint density at radius 1 is 1.25 bits per heavy atom. The summed E-state index contributed by atoms with van der Waals surface area (Å²) in [6, 6.07) is 7.72. The summed E-state index contributed by atoms with van der Waals surface area (Å²) in [7, 11) is 0. The molecule has 2 heterocycles. The Balaban J connectivity index is 0.00000208. The first kappa shape index (κ1) is 19.2. The molecule has 2 N–H and O–H groups in total. The topological polar surface area (TPSA) is 66.6 Å². The molecule has 2 unspecified atom stereocenters. The van der Waals surface area contributed by atoms with Crippen molar-refractivity contribution >= 4 is 45.8 Å². The molecule has 2 aliphatic heterocycles. The molecule has 7 heteroatoms.